The van der Waals surface area contributed by atoms with Gasteiger partial charge >= 0.3 is 0 Å². The standard InChI is InChI=1S/C16H23N3O.2ClH/c1-18-10-11-19(12-13-6-2-3-7-14(13)18)15(20)16(17)8-4-5-9-16;;/h2-3,6-7H,4-5,8-12,17H2,1H3;2*1H. The normalized spacial score (nSPS) is 19.5. The summed E-state index contributed by atoms with van der Waals surface area (Å²) < 4.78 is 0. The molecule has 0 spiro atoms. The zero-order chi connectivity index (χ0) is 14.2. The molecule has 0 saturated heterocycles. The summed E-state index contributed by atoms with van der Waals surface area (Å²) in [6.07, 6.45) is 3.82. The molecule has 1 fully saturated rings. The van der Waals surface area contributed by atoms with Crippen molar-refractivity contribution in [3.63, 3.8) is 0 Å². The van der Waals surface area contributed by atoms with Crippen molar-refractivity contribution in [1.82, 2.24) is 4.90 Å². The molecule has 1 aromatic carbocycles. The second-order valence-electron chi connectivity index (χ2n) is 6.14. The topological polar surface area (TPSA) is 49.6 Å². The molecular formula is C16H25Cl2N3O. The highest BCUT2D eigenvalue weighted by Crippen LogP contribution is 2.31. The maximum atomic E-state index is 12.8. The van der Waals surface area contributed by atoms with E-state index in [9.17, 15) is 4.79 Å². The minimum atomic E-state index is -0.613. The van der Waals surface area contributed by atoms with Crippen molar-refractivity contribution < 1.29 is 4.79 Å². The predicted molar refractivity (Wildman–Crippen MR) is 95.0 cm³/mol. The van der Waals surface area contributed by atoms with E-state index in [1.807, 2.05) is 17.0 Å². The number of para-hydroxylation sites is 1. The number of hydrogen-bond donors (Lipinski definition) is 1. The molecule has 124 valence electrons. The molecular weight excluding hydrogens is 321 g/mol. The molecule has 1 aliphatic heterocycles. The Morgan fingerprint density at radius 2 is 1.77 bits per heavy atom. The minimum absolute atomic E-state index is 0. The summed E-state index contributed by atoms with van der Waals surface area (Å²) in [5, 5.41) is 0. The van der Waals surface area contributed by atoms with Gasteiger partial charge in [0.05, 0.1) is 5.54 Å². The van der Waals surface area contributed by atoms with E-state index in [4.69, 9.17) is 5.73 Å². The number of nitrogens with zero attached hydrogens (tertiary/aromatic N) is 2. The van der Waals surface area contributed by atoms with Gasteiger partial charge in [0.1, 0.15) is 0 Å². The molecule has 0 unspecified atom stereocenters. The SMILES string of the molecule is CN1CCN(C(=O)C2(N)CCCC2)Cc2ccccc21.Cl.Cl. The molecule has 0 aromatic heterocycles. The third-order valence-electron chi connectivity index (χ3n) is 4.68. The number of fused-ring (bicyclic) bond motifs is 1. The summed E-state index contributed by atoms with van der Waals surface area (Å²) in [5.74, 6) is 0.139. The Hall–Kier alpha value is -0.970. The Morgan fingerprint density at radius 1 is 1.14 bits per heavy atom. The first kappa shape index (κ1) is 19.1. The Bertz CT molecular complexity index is 518. The van der Waals surface area contributed by atoms with Crippen LogP contribution in [0.25, 0.3) is 0 Å². The Kier molecular flexibility index (Phi) is 6.53. The van der Waals surface area contributed by atoms with Gasteiger partial charge in [-0.25, -0.2) is 0 Å². The van der Waals surface area contributed by atoms with Crippen molar-refractivity contribution in [3.8, 4) is 0 Å². The fraction of sp³-hybridized carbons (Fsp3) is 0.562. The average Bonchev–Trinajstić information content (AvgIpc) is 2.83. The number of hydrogen-bond acceptors (Lipinski definition) is 3. The highest BCUT2D eigenvalue weighted by molar-refractivity contribution is 5.87. The molecule has 0 atom stereocenters. The summed E-state index contributed by atoms with van der Waals surface area (Å²) in [5.41, 5.74) is 8.15. The first-order valence-electron chi connectivity index (χ1n) is 7.47. The summed E-state index contributed by atoms with van der Waals surface area (Å²) >= 11 is 0. The maximum absolute atomic E-state index is 12.8. The molecule has 1 amide bonds. The third kappa shape index (κ3) is 3.50. The molecule has 2 N–H and O–H groups in total. The number of amides is 1. The van der Waals surface area contributed by atoms with Gasteiger partial charge < -0.3 is 15.5 Å². The van der Waals surface area contributed by atoms with Crippen LogP contribution in [0.5, 0.6) is 0 Å². The highest BCUT2D eigenvalue weighted by Gasteiger charge is 2.40. The van der Waals surface area contributed by atoms with Gasteiger partial charge in [-0.2, -0.15) is 0 Å². The van der Waals surface area contributed by atoms with Gasteiger partial charge in [0.2, 0.25) is 5.91 Å². The van der Waals surface area contributed by atoms with E-state index < -0.39 is 5.54 Å². The fourth-order valence-corrected chi connectivity index (χ4v) is 3.40. The average molecular weight is 346 g/mol. The number of rotatable bonds is 1. The van der Waals surface area contributed by atoms with Crippen LogP contribution in [0.4, 0.5) is 5.69 Å². The Morgan fingerprint density at radius 3 is 2.45 bits per heavy atom. The van der Waals surface area contributed by atoms with Crippen LogP contribution in [-0.2, 0) is 11.3 Å². The largest absolute Gasteiger partial charge is 0.373 e. The number of halogens is 2. The second kappa shape index (κ2) is 7.53. The van der Waals surface area contributed by atoms with Gasteiger partial charge in [0.25, 0.3) is 0 Å². The number of benzene rings is 1. The molecule has 0 bridgehead atoms. The summed E-state index contributed by atoms with van der Waals surface area (Å²) in [6.45, 7) is 2.29. The predicted octanol–water partition coefficient (Wildman–Crippen LogP) is 2.58. The lowest BCUT2D eigenvalue weighted by atomic mass is 9.97. The quantitative estimate of drug-likeness (QED) is 0.850. The summed E-state index contributed by atoms with van der Waals surface area (Å²) in [7, 11) is 2.08. The first-order chi connectivity index (χ1) is 9.60. The van der Waals surface area contributed by atoms with Crippen LogP contribution in [0.3, 0.4) is 0 Å². The number of likely N-dealkylation sites (N-methyl/N-ethyl adjacent to an activating group) is 1. The van der Waals surface area contributed by atoms with E-state index >= 15 is 0 Å². The van der Waals surface area contributed by atoms with E-state index in [0.29, 0.717) is 6.54 Å². The van der Waals surface area contributed by atoms with E-state index in [-0.39, 0.29) is 30.7 Å². The van der Waals surface area contributed by atoms with E-state index in [0.717, 1.165) is 38.8 Å². The number of nitrogens with two attached hydrogens (primary N) is 1. The molecule has 6 heteroatoms. The number of carbonyl (C=O) groups is 1. The van der Waals surface area contributed by atoms with Crippen LogP contribution in [0.1, 0.15) is 31.2 Å². The molecule has 1 aliphatic carbocycles. The van der Waals surface area contributed by atoms with E-state index in [1.54, 1.807) is 0 Å². The lowest BCUT2D eigenvalue weighted by molar-refractivity contribution is -0.137. The van der Waals surface area contributed by atoms with Crippen LogP contribution < -0.4 is 10.6 Å². The van der Waals surface area contributed by atoms with Crippen molar-refractivity contribution >= 4 is 36.4 Å². The van der Waals surface area contributed by atoms with Gasteiger partial charge in [-0.3, -0.25) is 4.79 Å². The van der Waals surface area contributed by atoms with Gasteiger partial charge in [0.15, 0.2) is 0 Å². The van der Waals surface area contributed by atoms with E-state index in [2.05, 4.69) is 24.1 Å². The lowest BCUT2D eigenvalue weighted by Gasteiger charge is -2.30. The number of anilines is 1. The van der Waals surface area contributed by atoms with Crippen molar-refractivity contribution in [1.29, 1.82) is 0 Å². The summed E-state index contributed by atoms with van der Waals surface area (Å²) in [6, 6.07) is 8.31. The third-order valence-corrected chi connectivity index (χ3v) is 4.68. The summed E-state index contributed by atoms with van der Waals surface area (Å²) in [4.78, 5) is 16.9. The Labute approximate surface area is 144 Å². The highest BCUT2D eigenvalue weighted by atomic mass is 35.5. The van der Waals surface area contributed by atoms with E-state index in [1.165, 1.54) is 11.3 Å². The molecule has 1 heterocycles. The van der Waals surface area contributed by atoms with Crippen molar-refractivity contribution in [3.05, 3.63) is 29.8 Å². The molecule has 1 saturated carbocycles. The molecule has 3 rings (SSSR count). The molecule has 4 nitrogen and oxygen atoms in total. The Balaban J connectivity index is 0.00000121. The zero-order valence-electron chi connectivity index (χ0n) is 13.0. The van der Waals surface area contributed by atoms with Gasteiger partial charge in [0, 0.05) is 32.4 Å². The fourth-order valence-electron chi connectivity index (χ4n) is 3.40. The van der Waals surface area contributed by atoms with Crippen LogP contribution >= 0.6 is 24.8 Å². The van der Waals surface area contributed by atoms with Crippen LogP contribution in [0.15, 0.2) is 24.3 Å². The second-order valence-corrected chi connectivity index (χ2v) is 6.14. The smallest absolute Gasteiger partial charge is 0.243 e. The number of carbonyl (C=O) groups excluding carboxylic acids is 1. The van der Waals surface area contributed by atoms with Crippen molar-refractivity contribution in [2.75, 3.05) is 25.0 Å². The molecule has 2 aliphatic rings. The zero-order valence-corrected chi connectivity index (χ0v) is 14.6. The van der Waals surface area contributed by atoms with Gasteiger partial charge in [-0.15, -0.1) is 24.8 Å². The monoisotopic (exact) mass is 345 g/mol. The molecule has 22 heavy (non-hydrogen) atoms. The van der Waals surface area contributed by atoms with Gasteiger partial charge in [-0.1, -0.05) is 31.0 Å². The van der Waals surface area contributed by atoms with Crippen molar-refractivity contribution in [2.45, 2.75) is 37.8 Å². The molecule has 0 radical (unpaired) electrons. The van der Waals surface area contributed by atoms with Gasteiger partial charge in [-0.05, 0) is 24.5 Å². The maximum Gasteiger partial charge on any atom is 0.243 e. The minimum Gasteiger partial charge on any atom is -0.373 e. The van der Waals surface area contributed by atoms with Crippen molar-refractivity contribution in [2.24, 2.45) is 5.73 Å². The van der Waals surface area contributed by atoms with Crippen LogP contribution in [0.2, 0.25) is 0 Å². The lowest BCUT2D eigenvalue weighted by Crippen LogP contribution is -2.53. The van der Waals surface area contributed by atoms with Crippen LogP contribution in [0, 0.1) is 0 Å². The first-order valence-corrected chi connectivity index (χ1v) is 7.47. The molecule has 1 aromatic rings. The van der Waals surface area contributed by atoms with Crippen LogP contribution in [-0.4, -0.2) is 36.5 Å².